The molecule has 0 aliphatic carbocycles. The first kappa shape index (κ1) is 11.9. The minimum atomic E-state index is 0.169. The molecule has 2 rings (SSSR count). The molecule has 0 saturated carbocycles. The smallest absolute Gasteiger partial charge is 0.208 e. The zero-order valence-corrected chi connectivity index (χ0v) is 10.7. The van der Waals surface area contributed by atoms with E-state index in [2.05, 4.69) is 22.2 Å². The van der Waals surface area contributed by atoms with Crippen LogP contribution in [0, 0.1) is 13.8 Å². The molecule has 0 bridgehead atoms. The second kappa shape index (κ2) is 4.71. The Morgan fingerprint density at radius 1 is 1.47 bits per heavy atom. The average Bonchev–Trinajstić information content (AvgIpc) is 2.83. The van der Waals surface area contributed by atoms with Gasteiger partial charge in [0.05, 0.1) is 18.3 Å². The molecule has 2 heterocycles. The van der Waals surface area contributed by atoms with Gasteiger partial charge in [0.1, 0.15) is 11.6 Å². The number of rotatable bonds is 4. The van der Waals surface area contributed by atoms with Crippen LogP contribution in [0.1, 0.15) is 36.1 Å². The fraction of sp³-hybridized carbons (Fsp3) is 0.500. The maximum absolute atomic E-state index is 5.51. The number of hydrogen-bond donors (Lipinski definition) is 1. The van der Waals surface area contributed by atoms with Crippen LogP contribution in [0.3, 0.4) is 0 Å². The van der Waals surface area contributed by atoms with Crippen molar-refractivity contribution in [2.24, 2.45) is 7.05 Å². The minimum Gasteiger partial charge on any atom is -0.444 e. The molecular weight excluding hydrogens is 216 g/mol. The number of nitrogens with zero attached hydrogens (tertiary/aromatic N) is 3. The van der Waals surface area contributed by atoms with E-state index in [1.807, 2.05) is 31.7 Å². The van der Waals surface area contributed by atoms with Crippen molar-refractivity contribution in [2.75, 3.05) is 0 Å². The Kier molecular flexibility index (Phi) is 3.28. The Morgan fingerprint density at radius 3 is 2.76 bits per heavy atom. The van der Waals surface area contributed by atoms with Gasteiger partial charge in [0.2, 0.25) is 5.89 Å². The van der Waals surface area contributed by atoms with E-state index < -0.39 is 0 Å². The fourth-order valence-corrected chi connectivity index (χ4v) is 1.74. The Hall–Kier alpha value is -1.62. The minimum absolute atomic E-state index is 0.169. The van der Waals surface area contributed by atoms with Crippen LogP contribution in [0.4, 0.5) is 0 Å². The maximum Gasteiger partial charge on any atom is 0.208 e. The summed E-state index contributed by atoms with van der Waals surface area (Å²) in [7, 11) is 1.99. The normalized spacial score (nSPS) is 12.9. The van der Waals surface area contributed by atoms with Crippen molar-refractivity contribution < 1.29 is 4.42 Å². The maximum atomic E-state index is 5.51. The Labute approximate surface area is 101 Å². The Bertz CT molecular complexity index is 481. The summed E-state index contributed by atoms with van der Waals surface area (Å²) >= 11 is 0. The first-order valence-electron chi connectivity index (χ1n) is 5.71. The van der Waals surface area contributed by atoms with Crippen LogP contribution in [-0.4, -0.2) is 14.5 Å². The van der Waals surface area contributed by atoms with Gasteiger partial charge in [-0.25, -0.2) is 9.97 Å². The molecule has 1 unspecified atom stereocenters. The van der Waals surface area contributed by atoms with Crippen molar-refractivity contribution in [1.29, 1.82) is 0 Å². The second-order valence-electron chi connectivity index (χ2n) is 4.25. The first-order valence-corrected chi connectivity index (χ1v) is 5.71. The fourth-order valence-electron chi connectivity index (χ4n) is 1.74. The van der Waals surface area contributed by atoms with Gasteiger partial charge in [-0.2, -0.15) is 0 Å². The van der Waals surface area contributed by atoms with Crippen LogP contribution < -0.4 is 5.32 Å². The molecule has 0 radical (unpaired) electrons. The Balaban J connectivity index is 1.97. The summed E-state index contributed by atoms with van der Waals surface area (Å²) in [6.45, 7) is 6.56. The lowest BCUT2D eigenvalue weighted by Gasteiger charge is -2.11. The van der Waals surface area contributed by atoms with Crippen molar-refractivity contribution in [1.82, 2.24) is 19.9 Å². The van der Waals surface area contributed by atoms with Crippen LogP contribution in [0.15, 0.2) is 16.8 Å². The molecule has 17 heavy (non-hydrogen) atoms. The Morgan fingerprint density at radius 2 is 2.24 bits per heavy atom. The molecule has 2 aromatic heterocycles. The van der Waals surface area contributed by atoms with Gasteiger partial charge in [-0.15, -0.1) is 0 Å². The number of aromatic nitrogens is 3. The molecule has 1 atom stereocenters. The summed E-state index contributed by atoms with van der Waals surface area (Å²) in [5, 5.41) is 3.34. The highest BCUT2D eigenvalue weighted by molar-refractivity contribution is 5.05. The highest BCUT2D eigenvalue weighted by Gasteiger charge is 2.11. The molecule has 0 saturated heterocycles. The lowest BCUT2D eigenvalue weighted by Crippen LogP contribution is -2.21. The van der Waals surface area contributed by atoms with Crippen LogP contribution >= 0.6 is 0 Å². The van der Waals surface area contributed by atoms with Crippen molar-refractivity contribution in [2.45, 2.75) is 33.4 Å². The summed E-state index contributed by atoms with van der Waals surface area (Å²) < 4.78 is 7.52. The average molecular weight is 234 g/mol. The molecule has 0 fully saturated rings. The first-order chi connectivity index (χ1) is 8.08. The summed E-state index contributed by atoms with van der Waals surface area (Å²) in [6, 6.07) is 0.169. The quantitative estimate of drug-likeness (QED) is 0.877. The molecule has 92 valence electrons. The topological polar surface area (TPSA) is 55.9 Å². The second-order valence-corrected chi connectivity index (χ2v) is 4.25. The van der Waals surface area contributed by atoms with Gasteiger partial charge in [-0.3, -0.25) is 5.32 Å². The van der Waals surface area contributed by atoms with Crippen LogP contribution in [0.5, 0.6) is 0 Å². The highest BCUT2D eigenvalue weighted by atomic mass is 16.4. The molecule has 0 spiro atoms. The molecule has 0 aromatic carbocycles. The van der Waals surface area contributed by atoms with E-state index in [1.165, 1.54) is 0 Å². The van der Waals surface area contributed by atoms with Gasteiger partial charge >= 0.3 is 0 Å². The van der Waals surface area contributed by atoms with Crippen LogP contribution in [0.2, 0.25) is 0 Å². The van der Waals surface area contributed by atoms with Crippen LogP contribution in [0.25, 0.3) is 0 Å². The molecule has 0 aliphatic rings. The van der Waals surface area contributed by atoms with E-state index in [0.29, 0.717) is 6.54 Å². The zero-order valence-electron chi connectivity index (χ0n) is 10.7. The van der Waals surface area contributed by atoms with E-state index >= 15 is 0 Å². The van der Waals surface area contributed by atoms with E-state index in [-0.39, 0.29) is 6.04 Å². The summed E-state index contributed by atoms with van der Waals surface area (Å²) in [5.74, 6) is 2.61. The summed E-state index contributed by atoms with van der Waals surface area (Å²) in [4.78, 5) is 8.63. The third-order valence-corrected chi connectivity index (χ3v) is 2.88. The molecule has 5 heteroatoms. The van der Waals surface area contributed by atoms with Gasteiger partial charge in [0.15, 0.2) is 0 Å². The molecule has 0 aliphatic heterocycles. The molecule has 5 nitrogen and oxygen atoms in total. The molecular formula is C12H18N4O. The zero-order chi connectivity index (χ0) is 12.4. The standard InChI is InChI=1S/C12H18N4O/c1-8-10(3)17-11(15-8)7-14-9(2)12-13-5-6-16(12)4/h5-6,9,14H,7H2,1-4H3. The van der Waals surface area contributed by atoms with Crippen molar-refractivity contribution in [3.8, 4) is 0 Å². The van der Waals surface area contributed by atoms with Gasteiger partial charge in [-0.1, -0.05) is 0 Å². The number of nitrogens with one attached hydrogen (secondary N) is 1. The lowest BCUT2D eigenvalue weighted by molar-refractivity contribution is 0.424. The predicted molar refractivity (Wildman–Crippen MR) is 64.4 cm³/mol. The third-order valence-electron chi connectivity index (χ3n) is 2.88. The van der Waals surface area contributed by atoms with Gasteiger partial charge in [-0.05, 0) is 20.8 Å². The van der Waals surface area contributed by atoms with Crippen molar-refractivity contribution >= 4 is 0 Å². The monoisotopic (exact) mass is 234 g/mol. The van der Waals surface area contributed by atoms with Crippen molar-refractivity contribution in [3.05, 3.63) is 35.6 Å². The number of imidazole rings is 1. The lowest BCUT2D eigenvalue weighted by atomic mass is 10.3. The molecule has 0 amide bonds. The van der Waals surface area contributed by atoms with Crippen LogP contribution in [-0.2, 0) is 13.6 Å². The van der Waals surface area contributed by atoms with Crippen molar-refractivity contribution in [3.63, 3.8) is 0 Å². The summed E-state index contributed by atoms with van der Waals surface area (Å²) in [6.07, 6.45) is 3.74. The predicted octanol–water partition coefficient (Wildman–Crippen LogP) is 1.88. The molecule has 1 N–H and O–H groups in total. The third kappa shape index (κ3) is 2.55. The summed E-state index contributed by atoms with van der Waals surface area (Å²) in [5.41, 5.74) is 0.950. The number of hydrogen-bond acceptors (Lipinski definition) is 4. The number of aryl methyl sites for hydroxylation is 3. The number of oxazole rings is 1. The SMILES string of the molecule is Cc1nc(CNC(C)c2nccn2C)oc1C. The molecule has 2 aromatic rings. The van der Waals surface area contributed by atoms with Gasteiger partial charge < -0.3 is 8.98 Å². The largest absolute Gasteiger partial charge is 0.444 e. The van der Waals surface area contributed by atoms with Gasteiger partial charge in [0.25, 0.3) is 0 Å². The van der Waals surface area contributed by atoms with Gasteiger partial charge in [0, 0.05) is 19.4 Å². The van der Waals surface area contributed by atoms with E-state index in [0.717, 1.165) is 23.2 Å². The van der Waals surface area contributed by atoms with E-state index in [9.17, 15) is 0 Å². The van der Waals surface area contributed by atoms with E-state index in [4.69, 9.17) is 4.42 Å². The highest BCUT2D eigenvalue weighted by Crippen LogP contribution is 2.11. The van der Waals surface area contributed by atoms with E-state index in [1.54, 1.807) is 6.20 Å².